The maximum Gasteiger partial charge on any atom is 0.0623 e. The van der Waals surface area contributed by atoms with Crippen molar-refractivity contribution in [3.63, 3.8) is 0 Å². The van der Waals surface area contributed by atoms with Crippen molar-refractivity contribution in [2.75, 3.05) is 0 Å². The van der Waals surface area contributed by atoms with E-state index in [0.29, 0.717) is 5.92 Å². The predicted molar refractivity (Wildman–Crippen MR) is 73.4 cm³/mol. The minimum atomic E-state index is -0.197. The highest BCUT2D eigenvalue weighted by Crippen LogP contribution is 2.33. The number of hydrogen-bond donors (Lipinski definition) is 1. The first-order valence-corrected chi connectivity index (χ1v) is 7.27. The van der Waals surface area contributed by atoms with Gasteiger partial charge in [0.15, 0.2) is 0 Å². The summed E-state index contributed by atoms with van der Waals surface area (Å²) < 4.78 is 1.90. The van der Waals surface area contributed by atoms with Crippen LogP contribution in [0.1, 0.15) is 50.4 Å². The molecular formula is C15H26N2O. The molecule has 102 valence electrons. The van der Waals surface area contributed by atoms with Crippen LogP contribution in [0.15, 0.2) is 6.07 Å². The molecule has 1 aromatic rings. The van der Waals surface area contributed by atoms with Crippen LogP contribution in [0, 0.1) is 18.8 Å². The normalized spacial score (nSPS) is 26.2. The molecule has 1 saturated carbocycles. The fourth-order valence-corrected chi connectivity index (χ4v) is 3.22. The molecule has 1 aliphatic carbocycles. The second kappa shape index (κ2) is 5.87. The summed E-state index contributed by atoms with van der Waals surface area (Å²) in [6, 6.07) is 2.08. The number of nitrogens with zero attached hydrogens (tertiary/aromatic N) is 2. The van der Waals surface area contributed by atoms with Gasteiger partial charge in [0.05, 0.1) is 11.8 Å². The van der Waals surface area contributed by atoms with E-state index in [4.69, 9.17) is 0 Å². The van der Waals surface area contributed by atoms with Crippen LogP contribution in [0.25, 0.3) is 0 Å². The number of aromatic nitrogens is 2. The van der Waals surface area contributed by atoms with Gasteiger partial charge in [0.2, 0.25) is 0 Å². The van der Waals surface area contributed by atoms with Crippen molar-refractivity contribution in [2.24, 2.45) is 18.9 Å². The van der Waals surface area contributed by atoms with Crippen LogP contribution in [0.3, 0.4) is 0 Å². The molecule has 1 N–H and O–H groups in total. The lowest BCUT2D eigenvalue weighted by molar-refractivity contribution is 0.0720. The first-order chi connectivity index (χ1) is 8.60. The van der Waals surface area contributed by atoms with E-state index in [1.807, 2.05) is 18.7 Å². The molecule has 3 nitrogen and oxygen atoms in total. The van der Waals surface area contributed by atoms with Gasteiger partial charge in [-0.15, -0.1) is 0 Å². The summed E-state index contributed by atoms with van der Waals surface area (Å²) in [4.78, 5) is 0. The Labute approximate surface area is 110 Å². The van der Waals surface area contributed by atoms with Crippen LogP contribution in [0.5, 0.6) is 0 Å². The van der Waals surface area contributed by atoms with Gasteiger partial charge in [-0.2, -0.15) is 5.10 Å². The zero-order chi connectivity index (χ0) is 13.1. The van der Waals surface area contributed by atoms with Gasteiger partial charge in [0.1, 0.15) is 0 Å². The van der Waals surface area contributed by atoms with Crippen molar-refractivity contribution in [2.45, 2.75) is 58.5 Å². The fraction of sp³-hybridized carbons (Fsp3) is 0.800. The van der Waals surface area contributed by atoms with Gasteiger partial charge in [-0.05, 0) is 37.7 Å². The Morgan fingerprint density at radius 1 is 1.39 bits per heavy atom. The number of aryl methyl sites for hydroxylation is 2. The van der Waals surface area contributed by atoms with Crippen molar-refractivity contribution < 1.29 is 5.11 Å². The molecule has 2 rings (SSSR count). The summed E-state index contributed by atoms with van der Waals surface area (Å²) in [7, 11) is 1.96. The first kappa shape index (κ1) is 13.6. The Morgan fingerprint density at radius 2 is 2.06 bits per heavy atom. The van der Waals surface area contributed by atoms with E-state index in [2.05, 4.69) is 18.1 Å². The van der Waals surface area contributed by atoms with Crippen LogP contribution < -0.4 is 0 Å². The van der Waals surface area contributed by atoms with Gasteiger partial charge >= 0.3 is 0 Å². The summed E-state index contributed by atoms with van der Waals surface area (Å²) in [6.45, 7) is 4.28. The number of aliphatic hydroxyl groups is 1. The van der Waals surface area contributed by atoms with Gasteiger partial charge in [-0.1, -0.05) is 26.2 Å². The maximum absolute atomic E-state index is 10.4. The lowest BCUT2D eigenvalue weighted by atomic mass is 9.77. The Kier molecular flexibility index (Phi) is 4.44. The highest BCUT2D eigenvalue weighted by Gasteiger charge is 2.26. The number of hydrogen-bond acceptors (Lipinski definition) is 2. The molecule has 1 unspecified atom stereocenters. The summed E-state index contributed by atoms with van der Waals surface area (Å²) in [5.74, 6) is 1.38. The molecule has 1 fully saturated rings. The highest BCUT2D eigenvalue weighted by molar-refractivity contribution is 5.09. The lowest BCUT2D eigenvalue weighted by Gasteiger charge is -2.31. The zero-order valence-corrected chi connectivity index (χ0v) is 11.9. The predicted octanol–water partition coefficient (Wildman–Crippen LogP) is 2.85. The molecular weight excluding hydrogens is 224 g/mol. The van der Waals surface area contributed by atoms with E-state index in [0.717, 1.165) is 23.7 Å². The molecule has 3 heteroatoms. The second-order valence-electron chi connectivity index (χ2n) is 5.86. The molecule has 0 radical (unpaired) electrons. The van der Waals surface area contributed by atoms with Crippen molar-refractivity contribution in [1.29, 1.82) is 0 Å². The molecule has 1 heterocycles. The molecule has 0 amide bonds. The fourth-order valence-electron chi connectivity index (χ4n) is 3.22. The van der Waals surface area contributed by atoms with Crippen LogP contribution >= 0.6 is 0 Å². The zero-order valence-electron chi connectivity index (χ0n) is 11.9. The molecule has 1 aromatic heterocycles. The maximum atomic E-state index is 10.4. The van der Waals surface area contributed by atoms with Crippen LogP contribution in [-0.4, -0.2) is 21.0 Å². The average molecular weight is 250 g/mol. The third-order valence-corrected chi connectivity index (χ3v) is 4.53. The molecule has 0 saturated heterocycles. The van der Waals surface area contributed by atoms with Crippen LogP contribution in [0.2, 0.25) is 0 Å². The highest BCUT2D eigenvalue weighted by atomic mass is 16.3. The Bertz CT molecular complexity index is 378. The van der Waals surface area contributed by atoms with Gasteiger partial charge < -0.3 is 5.11 Å². The summed E-state index contributed by atoms with van der Waals surface area (Å²) in [5, 5.41) is 14.7. The van der Waals surface area contributed by atoms with Gasteiger partial charge in [-0.25, -0.2) is 0 Å². The average Bonchev–Trinajstić information content (AvgIpc) is 2.68. The summed E-state index contributed by atoms with van der Waals surface area (Å²) >= 11 is 0. The molecule has 0 aromatic carbocycles. The van der Waals surface area contributed by atoms with Crippen molar-refractivity contribution in [1.82, 2.24) is 9.78 Å². The summed E-state index contributed by atoms with van der Waals surface area (Å²) in [6.07, 6.45) is 6.82. The van der Waals surface area contributed by atoms with Crippen molar-refractivity contribution >= 4 is 0 Å². The molecule has 0 bridgehead atoms. The number of aliphatic hydroxyl groups excluding tert-OH is 1. The SMILES string of the molecule is CCC1CCC(C(O)Cc2cc(C)nn2C)CC1. The minimum absolute atomic E-state index is 0.197. The Hall–Kier alpha value is -0.830. The van der Waals surface area contributed by atoms with Gasteiger partial charge in [-0.3, -0.25) is 4.68 Å². The lowest BCUT2D eigenvalue weighted by Crippen LogP contribution is -2.28. The van der Waals surface area contributed by atoms with Gasteiger partial charge in [0.25, 0.3) is 0 Å². The van der Waals surface area contributed by atoms with Crippen LogP contribution in [-0.2, 0) is 13.5 Å². The monoisotopic (exact) mass is 250 g/mol. The topological polar surface area (TPSA) is 38.1 Å². The summed E-state index contributed by atoms with van der Waals surface area (Å²) in [5.41, 5.74) is 2.19. The van der Waals surface area contributed by atoms with Crippen molar-refractivity contribution in [3.8, 4) is 0 Å². The standard InChI is InChI=1S/C15H26N2O/c1-4-12-5-7-13(8-6-12)15(18)10-14-9-11(2)16-17(14)3/h9,12-13,15,18H,4-8,10H2,1-3H3. The molecule has 0 spiro atoms. The van der Waals surface area contributed by atoms with E-state index in [9.17, 15) is 5.11 Å². The first-order valence-electron chi connectivity index (χ1n) is 7.27. The van der Waals surface area contributed by atoms with E-state index >= 15 is 0 Å². The van der Waals surface area contributed by atoms with E-state index in [-0.39, 0.29) is 6.10 Å². The van der Waals surface area contributed by atoms with E-state index in [1.54, 1.807) is 0 Å². The Morgan fingerprint density at radius 3 is 2.56 bits per heavy atom. The smallest absolute Gasteiger partial charge is 0.0623 e. The molecule has 1 aliphatic rings. The largest absolute Gasteiger partial charge is 0.392 e. The molecule has 18 heavy (non-hydrogen) atoms. The van der Waals surface area contributed by atoms with Crippen molar-refractivity contribution in [3.05, 3.63) is 17.5 Å². The minimum Gasteiger partial charge on any atom is -0.392 e. The number of rotatable bonds is 4. The molecule has 1 atom stereocenters. The van der Waals surface area contributed by atoms with E-state index in [1.165, 1.54) is 32.1 Å². The van der Waals surface area contributed by atoms with Crippen LogP contribution in [0.4, 0.5) is 0 Å². The third kappa shape index (κ3) is 3.14. The van der Waals surface area contributed by atoms with E-state index < -0.39 is 0 Å². The quantitative estimate of drug-likeness (QED) is 0.892. The Balaban J connectivity index is 1.89. The van der Waals surface area contributed by atoms with Gasteiger partial charge in [0, 0.05) is 19.2 Å². The molecule has 0 aliphatic heterocycles. The second-order valence-corrected chi connectivity index (χ2v) is 5.86. The third-order valence-electron chi connectivity index (χ3n) is 4.53.